The molecule has 3 aromatic carbocycles. The van der Waals surface area contributed by atoms with Gasteiger partial charge in [0.25, 0.3) is 0 Å². The summed E-state index contributed by atoms with van der Waals surface area (Å²) in [6.07, 6.45) is 2.40. The van der Waals surface area contributed by atoms with Gasteiger partial charge in [-0.15, -0.1) is 0 Å². The van der Waals surface area contributed by atoms with Gasteiger partial charge in [-0.2, -0.15) is 0 Å². The van der Waals surface area contributed by atoms with Gasteiger partial charge in [0.15, 0.2) is 23.3 Å². The SMILES string of the molecule is CCOCc1ccc(C2CCC(OCc3ccc(-c4ccc(C)cc4)c(F)c3F)CC2)c(F)c1F. The lowest BCUT2D eigenvalue weighted by atomic mass is 9.82. The maximum absolute atomic E-state index is 14.7. The van der Waals surface area contributed by atoms with E-state index in [2.05, 4.69) is 0 Å². The molecule has 0 radical (unpaired) electrons. The van der Waals surface area contributed by atoms with Crippen LogP contribution in [0, 0.1) is 30.2 Å². The summed E-state index contributed by atoms with van der Waals surface area (Å²) in [6, 6.07) is 13.6. The smallest absolute Gasteiger partial charge is 0.167 e. The van der Waals surface area contributed by atoms with Crippen molar-refractivity contribution in [2.24, 2.45) is 0 Å². The standard InChI is InChI=1S/C29H30F4O2/c1-3-34-16-21-10-14-25(28(32)26(21)30)20-8-12-23(13-9-20)35-17-22-11-15-24(29(33)27(22)31)19-6-4-18(2)5-7-19/h4-7,10-11,14-15,20,23H,3,8-9,12-13,16-17H2,1-2H3. The minimum absolute atomic E-state index is 0.0403. The lowest BCUT2D eigenvalue weighted by Gasteiger charge is -2.29. The third kappa shape index (κ3) is 5.76. The van der Waals surface area contributed by atoms with Crippen LogP contribution in [0.25, 0.3) is 11.1 Å². The predicted octanol–water partition coefficient (Wildman–Crippen LogP) is 8.00. The molecule has 0 aliphatic heterocycles. The van der Waals surface area contributed by atoms with Crippen molar-refractivity contribution in [1.82, 2.24) is 0 Å². The van der Waals surface area contributed by atoms with E-state index in [1.165, 1.54) is 0 Å². The molecule has 3 aromatic rings. The normalized spacial score (nSPS) is 18.1. The lowest BCUT2D eigenvalue weighted by Crippen LogP contribution is -2.22. The highest BCUT2D eigenvalue weighted by Crippen LogP contribution is 2.37. The molecule has 1 aliphatic rings. The van der Waals surface area contributed by atoms with E-state index in [4.69, 9.17) is 9.47 Å². The summed E-state index contributed by atoms with van der Waals surface area (Å²) in [6.45, 7) is 4.17. The molecule has 0 saturated heterocycles. The van der Waals surface area contributed by atoms with Crippen LogP contribution >= 0.6 is 0 Å². The monoisotopic (exact) mass is 486 g/mol. The summed E-state index contributed by atoms with van der Waals surface area (Å²) >= 11 is 0. The van der Waals surface area contributed by atoms with Crippen molar-refractivity contribution in [1.29, 1.82) is 0 Å². The van der Waals surface area contributed by atoms with Gasteiger partial charge in [-0.3, -0.25) is 0 Å². The summed E-state index contributed by atoms with van der Waals surface area (Å²) in [5.41, 5.74) is 2.63. The Balaban J connectivity index is 1.35. The first kappa shape index (κ1) is 25.4. The van der Waals surface area contributed by atoms with Gasteiger partial charge in [0, 0.05) is 23.3 Å². The molecule has 35 heavy (non-hydrogen) atoms. The molecule has 1 fully saturated rings. The Bertz CT molecular complexity index is 1150. The second-order valence-electron chi connectivity index (χ2n) is 9.13. The van der Waals surface area contributed by atoms with Gasteiger partial charge in [0.1, 0.15) is 0 Å². The molecule has 1 saturated carbocycles. The van der Waals surface area contributed by atoms with Gasteiger partial charge in [0.2, 0.25) is 0 Å². The fraction of sp³-hybridized carbons (Fsp3) is 0.379. The van der Waals surface area contributed by atoms with Gasteiger partial charge < -0.3 is 9.47 Å². The number of aryl methyl sites for hydroxylation is 1. The minimum atomic E-state index is -0.901. The zero-order valence-electron chi connectivity index (χ0n) is 20.1. The number of benzene rings is 3. The van der Waals surface area contributed by atoms with Crippen molar-refractivity contribution in [3.63, 3.8) is 0 Å². The van der Waals surface area contributed by atoms with Crippen LogP contribution in [-0.4, -0.2) is 12.7 Å². The second-order valence-corrected chi connectivity index (χ2v) is 9.13. The first-order valence-electron chi connectivity index (χ1n) is 12.1. The molecule has 0 bridgehead atoms. The van der Waals surface area contributed by atoms with Gasteiger partial charge >= 0.3 is 0 Å². The Kier molecular flexibility index (Phi) is 8.24. The Morgan fingerprint density at radius 1 is 0.714 bits per heavy atom. The number of hydrogen-bond acceptors (Lipinski definition) is 2. The maximum Gasteiger partial charge on any atom is 0.167 e. The highest BCUT2D eigenvalue weighted by Gasteiger charge is 2.27. The summed E-state index contributed by atoms with van der Waals surface area (Å²) in [4.78, 5) is 0. The molecule has 6 heteroatoms. The molecule has 1 aliphatic carbocycles. The maximum atomic E-state index is 14.7. The fourth-order valence-electron chi connectivity index (χ4n) is 4.65. The number of rotatable bonds is 8. The molecule has 0 amide bonds. The molecule has 4 rings (SSSR count). The van der Waals surface area contributed by atoms with Gasteiger partial charge in [-0.1, -0.05) is 54.1 Å². The summed E-state index contributed by atoms with van der Waals surface area (Å²) in [5, 5.41) is 0. The van der Waals surface area contributed by atoms with Crippen LogP contribution in [0.1, 0.15) is 60.8 Å². The molecule has 0 aromatic heterocycles. The minimum Gasteiger partial charge on any atom is -0.377 e. The fourth-order valence-corrected chi connectivity index (χ4v) is 4.65. The highest BCUT2D eigenvalue weighted by molar-refractivity contribution is 5.65. The topological polar surface area (TPSA) is 18.5 Å². The van der Waals surface area contributed by atoms with E-state index in [0.29, 0.717) is 43.4 Å². The Hall–Kier alpha value is -2.70. The molecular formula is C29H30F4O2. The first-order chi connectivity index (χ1) is 16.9. The Morgan fingerprint density at radius 2 is 1.34 bits per heavy atom. The predicted molar refractivity (Wildman–Crippen MR) is 128 cm³/mol. The molecule has 0 unspecified atom stereocenters. The molecule has 186 valence electrons. The van der Waals surface area contributed by atoms with Crippen LogP contribution in [0.5, 0.6) is 0 Å². The Labute approximate surface area is 203 Å². The van der Waals surface area contributed by atoms with Crippen LogP contribution in [0.2, 0.25) is 0 Å². The van der Waals surface area contributed by atoms with Crippen molar-refractivity contribution >= 4 is 0 Å². The molecule has 0 N–H and O–H groups in total. The Morgan fingerprint density at radius 3 is 2.03 bits per heavy atom. The molecular weight excluding hydrogens is 456 g/mol. The third-order valence-corrected chi connectivity index (χ3v) is 6.77. The van der Waals surface area contributed by atoms with E-state index < -0.39 is 23.3 Å². The zero-order valence-corrected chi connectivity index (χ0v) is 20.1. The summed E-state index contributed by atoms with van der Waals surface area (Å²) in [7, 11) is 0. The van der Waals surface area contributed by atoms with E-state index in [0.717, 1.165) is 5.56 Å². The van der Waals surface area contributed by atoms with E-state index in [1.54, 1.807) is 43.3 Å². The third-order valence-electron chi connectivity index (χ3n) is 6.77. The first-order valence-corrected chi connectivity index (χ1v) is 12.1. The van der Waals surface area contributed by atoms with Crippen LogP contribution in [-0.2, 0) is 22.7 Å². The van der Waals surface area contributed by atoms with Crippen molar-refractivity contribution < 1.29 is 27.0 Å². The van der Waals surface area contributed by atoms with Crippen molar-refractivity contribution in [2.75, 3.05) is 6.61 Å². The molecule has 0 heterocycles. The number of ether oxygens (including phenoxy) is 2. The van der Waals surface area contributed by atoms with Crippen LogP contribution in [0.3, 0.4) is 0 Å². The summed E-state index contributed by atoms with van der Waals surface area (Å²) in [5.74, 6) is -3.54. The average molecular weight is 487 g/mol. The van der Waals surface area contributed by atoms with Gasteiger partial charge in [-0.25, -0.2) is 17.6 Å². The highest BCUT2D eigenvalue weighted by atomic mass is 19.2. The average Bonchev–Trinajstić information content (AvgIpc) is 2.87. The second kappa shape index (κ2) is 11.4. The van der Waals surface area contributed by atoms with Crippen molar-refractivity contribution in [2.45, 2.75) is 64.8 Å². The van der Waals surface area contributed by atoms with Crippen LogP contribution < -0.4 is 0 Å². The molecule has 0 spiro atoms. The van der Waals surface area contributed by atoms with E-state index >= 15 is 0 Å². The largest absolute Gasteiger partial charge is 0.377 e. The van der Waals surface area contributed by atoms with E-state index in [9.17, 15) is 17.6 Å². The summed E-state index contributed by atoms with van der Waals surface area (Å²) < 4.78 is 69.6. The number of halogens is 4. The quantitative estimate of drug-likeness (QED) is 0.300. The molecule has 0 atom stereocenters. The van der Waals surface area contributed by atoms with Crippen LogP contribution in [0.15, 0.2) is 48.5 Å². The van der Waals surface area contributed by atoms with E-state index in [1.807, 2.05) is 19.1 Å². The van der Waals surface area contributed by atoms with Gasteiger partial charge in [-0.05, 0) is 56.6 Å². The van der Waals surface area contributed by atoms with Crippen LogP contribution in [0.4, 0.5) is 17.6 Å². The zero-order chi connectivity index (χ0) is 24.9. The van der Waals surface area contributed by atoms with Crippen molar-refractivity contribution in [3.05, 3.63) is 94.1 Å². The molecule has 2 nitrogen and oxygen atoms in total. The van der Waals surface area contributed by atoms with E-state index in [-0.39, 0.29) is 41.9 Å². The number of hydrogen-bond donors (Lipinski definition) is 0. The van der Waals surface area contributed by atoms with Gasteiger partial charge in [0.05, 0.1) is 19.3 Å². The lowest BCUT2D eigenvalue weighted by molar-refractivity contribution is 0.0116. The van der Waals surface area contributed by atoms with Crippen molar-refractivity contribution in [3.8, 4) is 11.1 Å².